The van der Waals surface area contributed by atoms with Gasteiger partial charge in [-0.15, -0.1) is 0 Å². The molecular weight excluding hydrogens is 316 g/mol. The van der Waals surface area contributed by atoms with Crippen LogP contribution in [-0.2, 0) is 10.0 Å². The van der Waals surface area contributed by atoms with Crippen molar-refractivity contribution < 1.29 is 8.42 Å². The zero-order valence-corrected chi connectivity index (χ0v) is 12.7. The van der Waals surface area contributed by atoms with Gasteiger partial charge in [0.1, 0.15) is 0 Å². The topological polar surface area (TPSA) is 49.4 Å². The van der Waals surface area contributed by atoms with Gasteiger partial charge in [0.25, 0.3) is 0 Å². The molecule has 0 bridgehead atoms. The molecule has 0 aliphatic carbocycles. The van der Waals surface area contributed by atoms with Gasteiger partial charge in [0.15, 0.2) is 0 Å². The van der Waals surface area contributed by atoms with Crippen LogP contribution in [0.25, 0.3) is 0 Å². The van der Waals surface area contributed by atoms with E-state index >= 15 is 0 Å². The summed E-state index contributed by atoms with van der Waals surface area (Å²) in [4.78, 5) is 0.371. The second-order valence-electron chi connectivity index (χ2n) is 4.53. The number of hydrogen-bond donors (Lipinski definition) is 1. The van der Waals surface area contributed by atoms with E-state index in [4.69, 9.17) is 0 Å². The highest BCUT2D eigenvalue weighted by Crippen LogP contribution is 2.24. The van der Waals surface area contributed by atoms with Crippen molar-refractivity contribution in [3.05, 3.63) is 28.7 Å². The van der Waals surface area contributed by atoms with E-state index in [1.165, 1.54) is 0 Å². The third kappa shape index (κ3) is 2.93. The molecule has 1 atom stereocenters. The fourth-order valence-electron chi connectivity index (χ4n) is 2.23. The lowest BCUT2D eigenvalue weighted by molar-refractivity contribution is 0.451. The second kappa shape index (κ2) is 5.69. The van der Waals surface area contributed by atoms with E-state index in [9.17, 15) is 8.42 Å². The van der Waals surface area contributed by atoms with E-state index in [1.807, 2.05) is 7.05 Å². The van der Waals surface area contributed by atoms with E-state index in [0.29, 0.717) is 23.9 Å². The van der Waals surface area contributed by atoms with E-state index in [1.54, 1.807) is 28.6 Å². The maximum absolute atomic E-state index is 12.4. The maximum Gasteiger partial charge on any atom is 0.243 e. The predicted molar refractivity (Wildman–Crippen MR) is 74.9 cm³/mol. The molecule has 1 aromatic carbocycles. The first-order valence-corrected chi connectivity index (χ1v) is 8.17. The third-order valence-electron chi connectivity index (χ3n) is 3.19. The summed E-state index contributed by atoms with van der Waals surface area (Å²) < 4.78 is 27.2. The van der Waals surface area contributed by atoms with Crippen molar-refractivity contribution in [2.75, 3.05) is 26.7 Å². The standard InChI is InChI=1S/C12H17BrN2O2S/c1-14-8-10-6-7-15(9-10)18(16,17)12-4-2-11(13)3-5-12/h2-5,10,14H,6-9H2,1H3/t10-/m0/s1. The first-order chi connectivity index (χ1) is 8.54. The molecule has 4 nitrogen and oxygen atoms in total. The van der Waals surface area contributed by atoms with Crippen LogP contribution in [-0.4, -0.2) is 39.4 Å². The molecule has 6 heteroatoms. The van der Waals surface area contributed by atoms with Crippen LogP contribution in [0.15, 0.2) is 33.6 Å². The van der Waals surface area contributed by atoms with Gasteiger partial charge in [-0.3, -0.25) is 0 Å². The van der Waals surface area contributed by atoms with Crippen LogP contribution in [0.2, 0.25) is 0 Å². The third-order valence-corrected chi connectivity index (χ3v) is 5.60. The molecule has 2 rings (SSSR count). The van der Waals surface area contributed by atoms with Crippen LogP contribution in [0, 0.1) is 5.92 Å². The summed E-state index contributed by atoms with van der Waals surface area (Å²) in [5.74, 6) is 0.417. The van der Waals surface area contributed by atoms with Crippen LogP contribution in [0.4, 0.5) is 0 Å². The zero-order valence-electron chi connectivity index (χ0n) is 10.3. The Hall–Kier alpha value is -0.430. The fraction of sp³-hybridized carbons (Fsp3) is 0.500. The van der Waals surface area contributed by atoms with Gasteiger partial charge in [-0.05, 0) is 50.2 Å². The molecule has 0 radical (unpaired) electrons. The molecule has 1 aromatic rings. The molecule has 1 heterocycles. The highest BCUT2D eigenvalue weighted by molar-refractivity contribution is 9.10. The first-order valence-electron chi connectivity index (χ1n) is 5.94. The van der Waals surface area contributed by atoms with Gasteiger partial charge >= 0.3 is 0 Å². The molecule has 1 fully saturated rings. The lowest BCUT2D eigenvalue weighted by Crippen LogP contribution is -2.30. The van der Waals surface area contributed by atoms with E-state index in [0.717, 1.165) is 17.4 Å². The van der Waals surface area contributed by atoms with Gasteiger partial charge in [0.05, 0.1) is 4.90 Å². The summed E-state index contributed by atoms with van der Waals surface area (Å²) in [7, 11) is -1.43. The minimum Gasteiger partial charge on any atom is -0.319 e. The minimum atomic E-state index is -3.32. The Morgan fingerprint density at radius 2 is 2.06 bits per heavy atom. The van der Waals surface area contributed by atoms with Crippen molar-refractivity contribution in [1.29, 1.82) is 0 Å². The summed E-state index contributed by atoms with van der Waals surface area (Å²) in [6.07, 6.45) is 0.927. The first kappa shape index (κ1) is 14.0. The summed E-state index contributed by atoms with van der Waals surface area (Å²) in [5.41, 5.74) is 0. The van der Waals surface area contributed by atoms with Crippen LogP contribution in [0.5, 0.6) is 0 Å². The van der Waals surface area contributed by atoms with Gasteiger partial charge in [0.2, 0.25) is 10.0 Å². The lowest BCUT2D eigenvalue weighted by Gasteiger charge is -2.16. The Bertz CT molecular complexity index is 501. The van der Waals surface area contributed by atoms with E-state index in [-0.39, 0.29) is 0 Å². The quantitative estimate of drug-likeness (QED) is 0.912. The number of nitrogens with one attached hydrogen (secondary N) is 1. The molecule has 1 N–H and O–H groups in total. The lowest BCUT2D eigenvalue weighted by atomic mass is 10.1. The van der Waals surface area contributed by atoms with Crippen LogP contribution < -0.4 is 5.32 Å². The highest BCUT2D eigenvalue weighted by Gasteiger charge is 2.31. The SMILES string of the molecule is CNC[C@@H]1CCN(S(=O)(=O)c2ccc(Br)cc2)C1. The molecule has 18 heavy (non-hydrogen) atoms. The predicted octanol–water partition coefficient (Wildman–Crippen LogP) is 1.68. The Balaban J connectivity index is 2.15. The number of benzene rings is 1. The number of nitrogens with zero attached hydrogens (tertiary/aromatic N) is 1. The minimum absolute atomic E-state index is 0.371. The molecule has 1 aliphatic heterocycles. The van der Waals surface area contributed by atoms with Crippen LogP contribution in [0.1, 0.15) is 6.42 Å². The van der Waals surface area contributed by atoms with E-state index in [2.05, 4.69) is 21.2 Å². The van der Waals surface area contributed by atoms with Crippen molar-refractivity contribution in [2.24, 2.45) is 5.92 Å². The fourth-order valence-corrected chi connectivity index (χ4v) is 4.02. The zero-order chi connectivity index (χ0) is 13.2. The molecular formula is C12H17BrN2O2S. The van der Waals surface area contributed by atoms with Crippen LogP contribution in [0.3, 0.4) is 0 Å². The highest BCUT2D eigenvalue weighted by atomic mass is 79.9. The van der Waals surface area contributed by atoms with Gasteiger partial charge in [0, 0.05) is 17.6 Å². The molecule has 0 spiro atoms. The summed E-state index contributed by atoms with van der Waals surface area (Å²) in [5, 5.41) is 3.10. The second-order valence-corrected chi connectivity index (χ2v) is 7.38. The Kier molecular flexibility index (Phi) is 4.42. The maximum atomic E-state index is 12.4. The van der Waals surface area contributed by atoms with Gasteiger partial charge in [-0.1, -0.05) is 15.9 Å². The molecule has 100 valence electrons. The molecule has 0 saturated carbocycles. The normalized spacial score (nSPS) is 21.3. The number of halogens is 1. The van der Waals surface area contributed by atoms with Gasteiger partial charge in [-0.2, -0.15) is 4.31 Å². The Morgan fingerprint density at radius 1 is 1.39 bits per heavy atom. The summed E-state index contributed by atoms with van der Waals surface area (Å²) in [6.45, 7) is 2.09. The average molecular weight is 333 g/mol. The van der Waals surface area contributed by atoms with Crippen molar-refractivity contribution in [2.45, 2.75) is 11.3 Å². The van der Waals surface area contributed by atoms with Gasteiger partial charge in [-0.25, -0.2) is 8.42 Å². The molecule has 1 saturated heterocycles. The van der Waals surface area contributed by atoms with E-state index < -0.39 is 10.0 Å². The van der Waals surface area contributed by atoms with Crippen molar-refractivity contribution >= 4 is 26.0 Å². The average Bonchev–Trinajstić information content (AvgIpc) is 2.79. The van der Waals surface area contributed by atoms with Crippen molar-refractivity contribution in [3.8, 4) is 0 Å². The number of rotatable bonds is 4. The Morgan fingerprint density at radius 3 is 2.67 bits per heavy atom. The molecule has 0 unspecified atom stereocenters. The number of sulfonamides is 1. The van der Waals surface area contributed by atoms with Crippen molar-refractivity contribution in [3.63, 3.8) is 0 Å². The molecule has 0 amide bonds. The summed E-state index contributed by atoms with van der Waals surface area (Å²) >= 11 is 3.31. The van der Waals surface area contributed by atoms with Crippen molar-refractivity contribution in [1.82, 2.24) is 9.62 Å². The van der Waals surface area contributed by atoms with Gasteiger partial charge < -0.3 is 5.32 Å². The molecule has 1 aliphatic rings. The number of hydrogen-bond acceptors (Lipinski definition) is 3. The van der Waals surface area contributed by atoms with Crippen LogP contribution >= 0.6 is 15.9 Å². The largest absolute Gasteiger partial charge is 0.319 e. The molecule has 0 aromatic heterocycles. The monoisotopic (exact) mass is 332 g/mol. The summed E-state index contributed by atoms with van der Waals surface area (Å²) in [6, 6.07) is 6.80. The smallest absolute Gasteiger partial charge is 0.243 e. The Labute approximate surface area is 117 Å².